The van der Waals surface area contributed by atoms with Crippen molar-refractivity contribution in [3.8, 4) is 0 Å². The van der Waals surface area contributed by atoms with Crippen LogP contribution in [0.25, 0.3) is 0 Å². The third-order valence-electron chi connectivity index (χ3n) is 4.30. The summed E-state index contributed by atoms with van der Waals surface area (Å²) in [6.45, 7) is 4.60. The summed E-state index contributed by atoms with van der Waals surface area (Å²) in [5, 5.41) is 8.94. The fourth-order valence-electron chi connectivity index (χ4n) is 2.82. The van der Waals surface area contributed by atoms with Gasteiger partial charge in [0, 0.05) is 48.1 Å². The summed E-state index contributed by atoms with van der Waals surface area (Å²) in [6, 6.07) is 13.2. The quantitative estimate of drug-likeness (QED) is 0.693. The number of amides is 3. The number of benzene rings is 2. The van der Waals surface area contributed by atoms with Crippen LogP contribution in [0.15, 0.2) is 48.5 Å². The maximum atomic E-state index is 12.4. The van der Waals surface area contributed by atoms with Crippen LogP contribution in [0.3, 0.4) is 0 Å². The Balaban J connectivity index is 1.48. The predicted octanol–water partition coefficient (Wildman–Crippen LogP) is 3.05. The highest BCUT2D eigenvalue weighted by molar-refractivity contribution is 6.30. The third-order valence-corrected chi connectivity index (χ3v) is 4.55. The van der Waals surface area contributed by atoms with Gasteiger partial charge in [-0.05, 0) is 42.5 Å². The van der Waals surface area contributed by atoms with Crippen molar-refractivity contribution in [2.24, 2.45) is 0 Å². The molecule has 3 amide bonds. The number of hydrogen-bond acceptors (Lipinski definition) is 4. The summed E-state index contributed by atoms with van der Waals surface area (Å²) in [4.78, 5) is 26.7. The molecule has 0 bridgehead atoms. The number of carbonyl (C=O) groups is 2. The smallest absolute Gasteiger partial charge is 0.323 e. The van der Waals surface area contributed by atoms with Crippen molar-refractivity contribution in [3.05, 3.63) is 59.1 Å². The van der Waals surface area contributed by atoms with Crippen molar-refractivity contribution < 1.29 is 14.3 Å². The zero-order chi connectivity index (χ0) is 19.8. The Kier molecular flexibility index (Phi) is 7.25. The van der Waals surface area contributed by atoms with Crippen LogP contribution in [0.5, 0.6) is 0 Å². The van der Waals surface area contributed by atoms with Crippen molar-refractivity contribution in [1.82, 2.24) is 10.2 Å². The van der Waals surface area contributed by atoms with E-state index in [-0.39, 0.29) is 5.91 Å². The zero-order valence-electron chi connectivity index (χ0n) is 15.4. The Morgan fingerprint density at radius 2 is 1.71 bits per heavy atom. The van der Waals surface area contributed by atoms with Crippen molar-refractivity contribution in [1.29, 1.82) is 0 Å². The molecule has 7 nitrogen and oxygen atoms in total. The summed E-state index contributed by atoms with van der Waals surface area (Å²) in [5.41, 5.74) is 1.65. The van der Waals surface area contributed by atoms with E-state index in [1.165, 1.54) is 0 Å². The molecule has 0 atom stereocenters. The normalized spacial score (nSPS) is 14.3. The number of urea groups is 1. The van der Waals surface area contributed by atoms with Gasteiger partial charge in [0.2, 0.25) is 0 Å². The van der Waals surface area contributed by atoms with E-state index in [4.69, 9.17) is 16.3 Å². The molecular formula is C20H23ClN4O3. The highest BCUT2D eigenvalue weighted by Crippen LogP contribution is 2.15. The minimum absolute atomic E-state index is 0.171. The Labute approximate surface area is 169 Å². The molecule has 1 saturated heterocycles. The van der Waals surface area contributed by atoms with Gasteiger partial charge < -0.3 is 20.7 Å². The number of halogens is 1. The van der Waals surface area contributed by atoms with Crippen molar-refractivity contribution >= 4 is 34.9 Å². The molecule has 3 rings (SSSR count). The van der Waals surface area contributed by atoms with E-state index in [0.29, 0.717) is 28.5 Å². The first-order valence-corrected chi connectivity index (χ1v) is 9.50. The van der Waals surface area contributed by atoms with Gasteiger partial charge in [0.05, 0.1) is 13.2 Å². The second-order valence-electron chi connectivity index (χ2n) is 6.38. The van der Waals surface area contributed by atoms with Crippen molar-refractivity contribution in [3.63, 3.8) is 0 Å². The number of carbonyl (C=O) groups excluding carboxylic acids is 2. The molecule has 3 N–H and O–H groups in total. The first kappa shape index (κ1) is 20.1. The van der Waals surface area contributed by atoms with E-state index in [1.54, 1.807) is 48.5 Å². The van der Waals surface area contributed by atoms with Gasteiger partial charge in [-0.3, -0.25) is 9.69 Å². The molecule has 8 heteroatoms. The Hall–Kier alpha value is -2.61. The predicted molar refractivity (Wildman–Crippen MR) is 110 cm³/mol. The summed E-state index contributed by atoms with van der Waals surface area (Å²) in [5.74, 6) is -0.171. The fourth-order valence-corrected chi connectivity index (χ4v) is 2.95. The third kappa shape index (κ3) is 6.23. The molecular weight excluding hydrogens is 380 g/mol. The highest BCUT2D eigenvalue weighted by Gasteiger charge is 2.11. The molecule has 0 spiro atoms. The summed E-state index contributed by atoms with van der Waals surface area (Å²) in [6.07, 6.45) is 0. The van der Waals surface area contributed by atoms with Crippen LogP contribution in [0.1, 0.15) is 10.4 Å². The number of morpholine rings is 1. The van der Waals surface area contributed by atoms with E-state index in [1.807, 2.05) is 0 Å². The number of rotatable bonds is 6. The van der Waals surface area contributed by atoms with Crippen molar-refractivity contribution in [2.75, 3.05) is 50.0 Å². The number of ether oxygens (including phenoxy) is 1. The largest absolute Gasteiger partial charge is 0.379 e. The SMILES string of the molecule is O=C(Nc1ccc(Cl)cc1)Nc1cccc(C(=O)NCCN2CCOCC2)c1. The average Bonchev–Trinajstić information content (AvgIpc) is 2.70. The van der Waals surface area contributed by atoms with Gasteiger partial charge in [0.15, 0.2) is 0 Å². The number of hydrogen-bond donors (Lipinski definition) is 3. The average molecular weight is 403 g/mol. The molecule has 2 aromatic rings. The summed E-state index contributed by atoms with van der Waals surface area (Å²) < 4.78 is 5.31. The summed E-state index contributed by atoms with van der Waals surface area (Å²) in [7, 11) is 0. The maximum absolute atomic E-state index is 12.4. The molecule has 0 saturated carbocycles. The molecule has 1 fully saturated rings. The van der Waals surface area contributed by atoms with E-state index < -0.39 is 6.03 Å². The second kappa shape index (κ2) is 10.1. The van der Waals surface area contributed by atoms with E-state index in [2.05, 4.69) is 20.9 Å². The lowest BCUT2D eigenvalue weighted by Crippen LogP contribution is -2.41. The molecule has 0 unspecified atom stereocenters. The maximum Gasteiger partial charge on any atom is 0.323 e. The molecule has 2 aromatic carbocycles. The van der Waals surface area contributed by atoms with Crippen LogP contribution < -0.4 is 16.0 Å². The Morgan fingerprint density at radius 3 is 2.46 bits per heavy atom. The van der Waals surface area contributed by atoms with Gasteiger partial charge in [0.25, 0.3) is 5.91 Å². The molecule has 0 aromatic heterocycles. The number of anilines is 2. The lowest BCUT2D eigenvalue weighted by Gasteiger charge is -2.26. The van der Waals surface area contributed by atoms with Crippen LogP contribution in [-0.4, -0.2) is 56.2 Å². The number of nitrogens with one attached hydrogen (secondary N) is 3. The standard InChI is InChI=1S/C20H23ClN4O3/c21-16-4-6-17(7-5-16)23-20(27)24-18-3-1-2-15(14-18)19(26)22-8-9-25-10-12-28-13-11-25/h1-7,14H,8-13H2,(H,22,26)(H2,23,24,27). The Morgan fingerprint density at radius 1 is 1.00 bits per heavy atom. The lowest BCUT2D eigenvalue weighted by molar-refractivity contribution is 0.0383. The van der Waals surface area contributed by atoms with E-state index in [9.17, 15) is 9.59 Å². The van der Waals surface area contributed by atoms with Gasteiger partial charge in [-0.2, -0.15) is 0 Å². The minimum Gasteiger partial charge on any atom is -0.379 e. The van der Waals surface area contributed by atoms with Crippen LogP contribution in [0.4, 0.5) is 16.2 Å². The fraction of sp³-hybridized carbons (Fsp3) is 0.300. The molecule has 0 aliphatic carbocycles. The van der Waals surface area contributed by atoms with Crippen molar-refractivity contribution in [2.45, 2.75) is 0 Å². The molecule has 1 heterocycles. The van der Waals surface area contributed by atoms with Crippen LogP contribution in [0, 0.1) is 0 Å². The first-order chi connectivity index (χ1) is 13.6. The molecule has 1 aliphatic rings. The van der Waals surface area contributed by atoms with Gasteiger partial charge in [-0.25, -0.2) is 4.79 Å². The Bertz CT molecular complexity index is 807. The zero-order valence-corrected chi connectivity index (χ0v) is 16.2. The molecule has 148 valence electrons. The second-order valence-corrected chi connectivity index (χ2v) is 6.81. The first-order valence-electron chi connectivity index (χ1n) is 9.12. The van der Waals surface area contributed by atoms with Gasteiger partial charge in [-0.15, -0.1) is 0 Å². The van der Waals surface area contributed by atoms with Crippen LogP contribution in [0.2, 0.25) is 5.02 Å². The molecule has 28 heavy (non-hydrogen) atoms. The van der Waals surface area contributed by atoms with Gasteiger partial charge in [0.1, 0.15) is 0 Å². The number of nitrogens with zero attached hydrogens (tertiary/aromatic N) is 1. The van der Waals surface area contributed by atoms with E-state index >= 15 is 0 Å². The van der Waals surface area contributed by atoms with Crippen LogP contribution >= 0.6 is 11.6 Å². The molecule has 1 aliphatic heterocycles. The topological polar surface area (TPSA) is 82.7 Å². The molecule has 0 radical (unpaired) electrons. The minimum atomic E-state index is -0.396. The summed E-state index contributed by atoms with van der Waals surface area (Å²) >= 11 is 5.83. The van der Waals surface area contributed by atoms with E-state index in [0.717, 1.165) is 32.8 Å². The van der Waals surface area contributed by atoms with Gasteiger partial charge in [-0.1, -0.05) is 17.7 Å². The van der Waals surface area contributed by atoms with Crippen LogP contribution in [-0.2, 0) is 4.74 Å². The lowest BCUT2D eigenvalue weighted by atomic mass is 10.2. The van der Waals surface area contributed by atoms with Gasteiger partial charge >= 0.3 is 6.03 Å². The highest BCUT2D eigenvalue weighted by atomic mass is 35.5. The monoisotopic (exact) mass is 402 g/mol.